The zero-order chi connectivity index (χ0) is 12.4. The Morgan fingerprint density at radius 3 is 2.71 bits per heavy atom. The quantitative estimate of drug-likeness (QED) is 0.599. The molecule has 0 spiro atoms. The first kappa shape index (κ1) is 12.0. The maximum Gasteiger partial charge on any atom is 0.287 e. The molecule has 0 saturated heterocycles. The Morgan fingerprint density at radius 1 is 1.35 bits per heavy atom. The van der Waals surface area contributed by atoms with E-state index < -0.39 is 4.92 Å². The normalized spacial score (nSPS) is 20.3. The van der Waals surface area contributed by atoms with Crippen molar-refractivity contribution >= 4 is 23.1 Å². The number of nitro benzene ring substituents is 1. The Labute approximate surface area is 104 Å². The van der Waals surface area contributed by atoms with Crippen molar-refractivity contribution in [2.24, 2.45) is 0 Å². The average molecular weight is 254 g/mol. The van der Waals surface area contributed by atoms with Crippen LogP contribution in [-0.2, 0) is 4.79 Å². The van der Waals surface area contributed by atoms with Gasteiger partial charge in [0.05, 0.1) is 4.92 Å². The summed E-state index contributed by atoms with van der Waals surface area (Å²) in [6, 6.07) is 4.56. The number of nitrogens with zero attached hydrogens (tertiary/aromatic N) is 1. The summed E-state index contributed by atoms with van der Waals surface area (Å²) in [6.07, 6.45) is 3.37. The van der Waals surface area contributed by atoms with Crippen LogP contribution in [0, 0.1) is 10.1 Å². The molecule has 0 N–H and O–H groups in total. The first-order valence-corrected chi connectivity index (χ1v) is 5.94. The molecule has 90 valence electrons. The van der Waals surface area contributed by atoms with Crippen LogP contribution in [0.1, 0.15) is 37.2 Å². The summed E-state index contributed by atoms with van der Waals surface area (Å²) in [5.41, 5.74) is 0.684. The molecule has 1 fully saturated rings. The van der Waals surface area contributed by atoms with Gasteiger partial charge in [-0.3, -0.25) is 14.9 Å². The molecule has 2 rings (SSSR count). The molecular weight excluding hydrogens is 242 g/mol. The molecule has 17 heavy (non-hydrogen) atoms. The van der Waals surface area contributed by atoms with Crippen LogP contribution in [0.25, 0.3) is 0 Å². The molecular formula is C12H12ClNO3. The number of hydrogen-bond acceptors (Lipinski definition) is 3. The van der Waals surface area contributed by atoms with Crippen LogP contribution in [0.2, 0.25) is 5.02 Å². The van der Waals surface area contributed by atoms with Crippen LogP contribution < -0.4 is 0 Å². The molecule has 1 aromatic rings. The van der Waals surface area contributed by atoms with Crippen LogP contribution in [0.4, 0.5) is 5.69 Å². The highest BCUT2D eigenvalue weighted by Gasteiger charge is 2.25. The molecule has 1 saturated carbocycles. The van der Waals surface area contributed by atoms with Gasteiger partial charge in [-0.2, -0.15) is 0 Å². The number of benzene rings is 1. The summed E-state index contributed by atoms with van der Waals surface area (Å²) in [7, 11) is 0. The maximum absolute atomic E-state index is 11.7. The molecule has 4 nitrogen and oxygen atoms in total. The van der Waals surface area contributed by atoms with Crippen molar-refractivity contribution in [1.82, 2.24) is 0 Å². The van der Waals surface area contributed by atoms with E-state index in [1.54, 1.807) is 12.1 Å². The van der Waals surface area contributed by atoms with Gasteiger partial charge in [0, 0.05) is 18.4 Å². The van der Waals surface area contributed by atoms with Crippen molar-refractivity contribution in [2.45, 2.75) is 31.6 Å². The van der Waals surface area contributed by atoms with Crippen molar-refractivity contribution < 1.29 is 9.72 Å². The monoisotopic (exact) mass is 253 g/mol. The van der Waals surface area contributed by atoms with E-state index in [-0.39, 0.29) is 22.4 Å². The van der Waals surface area contributed by atoms with E-state index in [0.717, 1.165) is 24.8 Å². The standard InChI is InChI=1S/C12H12ClNO3/c13-10-7-8(5-6-11(10)14(16)17)9-3-1-2-4-12(9)15/h5-7,9H,1-4H2/t9-/m1/s1. The summed E-state index contributed by atoms with van der Waals surface area (Å²) in [6.45, 7) is 0. The third-order valence-corrected chi connectivity index (χ3v) is 3.43. The Bertz CT molecular complexity index is 473. The average Bonchev–Trinajstić information content (AvgIpc) is 2.29. The van der Waals surface area contributed by atoms with Gasteiger partial charge in [-0.05, 0) is 24.5 Å². The summed E-state index contributed by atoms with van der Waals surface area (Å²) >= 11 is 5.84. The van der Waals surface area contributed by atoms with Crippen LogP contribution >= 0.6 is 11.6 Å². The lowest BCUT2D eigenvalue weighted by molar-refractivity contribution is -0.384. The van der Waals surface area contributed by atoms with Crippen molar-refractivity contribution in [1.29, 1.82) is 0 Å². The molecule has 0 bridgehead atoms. The second-order valence-corrected chi connectivity index (χ2v) is 4.64. The Morgan fingerprint density at radius 2 is 2.12 bits per heavy atom. The summed E-state index contributed by atoms with van der Waals surface area (Å²) in [5, 5.41) is 10.7. The first-order chi connectivity index (χ1) is 8.09. The zero-order valence-electron chi connectivity index (χ0n) is 9.19. The van der Waals surface area contributed by atoms with Gasteiger partial charge in [0.15, 0.2) is 0 Å². The fourth-order valence-electron chi connectivity index (χ4n) is 2.22. The first-order valence-electron chi connectivity index (χ1n) is 5.56. The van der Waals surface area contributed by atoms with Gasteiger partial charge in [-0.1, -0.05) is 24.1 Å². The van der Waals surface area contributed by atoms with Crippen molar-refractivity contribution in [3.05, 3.63) is 38.9 Å². The summed E-state index contributed by atoms with van der Waals surface area (Å²) in [4.78, 5) is 21.9. The second kappa shape index (κ2) is 4.84. The SMILES string of the molecule is O=C1CCCC[C@@H]1c1ccc([N+](=O)[O-])c(Cl)c1. The van der Waals surface area contributed by atoms with E-state index in [2.05, 4.69) is 0 Å². The third-order valence-electron chi connectivity index (χ3n) is 3.13. The number of halogens is 1. The number of carbonyl (C=O) groups is 1. The lowest BCUT2D eigenvalue weighted by atomic mass is 9.83. The van der Waals surface area contributed by atoms with Gasteiger partial charge in [0.25, 0.3) is 5.69 Å². The Balaban J connectivity index is 2.30. The molecule has 1 aromatic carbocycles. The third kappa shape index (κ3) is 2.47. The van der Waals surface area contributed by atoms with Gasteiger partial charge in [-0.25, -0.2) is 0 Å². The molecule has 0 radical (unpaired) electrons. The topological polar surface area (TPSA) is 60.2 Å². The van der Waals surface area contributed by atoms with E-state index >= 15 is 0 Å². The van der Waals surface area contributed by atoms with Gasteiger partial charge in [-0.15, -0.1) is 0 Å². The van der Waals surface area contributed by atoms with Crippen LogP contribution in [0.15, 0.2) is 18.2 Å². The van der Waals surface area contributed by atoms with E-state index in [1.807, 2.05) is 0 Å². The Hall–Kier alpha value is -1.42. The number of carbonyl (C=O) groups excluding carboxylic acids is 1. The molecule has 1 atom stereocenters. The fourth-order valence-corrected chi connectivity index (χ4v) is 2.48. The zero-order valence-corrected chi connectivity index (χ0v) is 9.94. The molecule has 1 aliphatic rings. The minimum Gasteiger partial charge on any atom is -0.299 e. The minimum absolute atomic E-state index is 0.103. The molecule has 0 aliphatic heterocycles. The maximum atomic E-state index is 11.7. The van der Waals surface area contributed by atoms with Crippen LogP contribution in [-0.4, -0.2) is 10.7 Å². The lowest BCUT2D eigenvalue weighted by Gasteiger charge is -2.20. The molecule has 0 amide bonds. The molecule has 5 heteroatoms. The highest BCUT2D eigenvalue weighted by Crippen LogP contribution is 2.34. The largest absolute Gasteiger partial charge is 0.299 e. The van der Waals surface area contributed by atoms with Crippen LogP contribution in [0.5, 0.6) is 0 Å². The molecule has 1 aliphatic carbocycles. The predicted molar refractivity (Wildman–Crippen MR) is 64.3 cm³/mol. The smallest absolute Gasteiger partial charge is 0.287 e. The highest BCUT2D eigenvalue weighted by molar-refractivity contribution is 6.32. The van der Waals surface area contributed by atoms with Crippen LogP contribution in [0.3, 0.4) is 0 Å². The number of rotatable bonds is 2. The second-order valence-electron chi connectivity index (χ2n) is 4.23. The number of Topliss-reactive ketones (excluding diaryl/α,β-unsaturated/α-hetero) is 1. The van der Waals surface area contributed by atoms with Crippen molar-refractivity contribution in [3.63, 3.8) is 0 Å². The van der Waals surface area contributed by atoms with E-state index in [4.69, 9.17) is 11.6 Å². The van der Waals surface area contributed by atoms with Crippen molar-refractivity contribution in [2.75, 3.05) is 0 Å². The molecule has 0 heterocycles. The summed E-state index contributed by atoms with van der Waals surface area (Å²) < 4.78 is 0. The summed E-state index contributed by atoms with van der Waals surface area (Å²) in [5.74, 6) is 0.0724. The van der Waals surface area contributed by atoms with Gasteiger partial charge in [0.1, 0.15) is 10.8 Å². The van der Waals surface area contributed by atoms with E-state index in [9.17, 15) is 14.9 Å². The van der Waals surface area contributed by atoms with Gasteiger partial charge in [0.2, 0.25) is 0 Å². The minimum atomic E-state index is -0.519. The fraction of sp³-hybridized carbons (Fsp3) is 0.417. The highest BCUT2D eigenvalue weighted by atomic mass is 35.5. The van der Waals surface area contributed by atoms with Gasteiger partial charge >= 0.3 is 0 Å². The Kier molecular flexibility index (Phi) is 3.43. The number of nitro groups is 1. The lowest BCUT2D eigenvalue weighted by Crippen LogP contribution is -2.16. The predicted octanol–water partition coefficient (Wildman–Crippen LogP) is 3.47. The molecule has 0 aromatic heterocycles. The number of ketones is 1. The van der Waals surface area contributed by atoms with E-state index in [1.165, 1.54) is 6.07 Å². The number of hydrogen-bond donors (Lipinski definition) is 0. The van der Waals surface area contributed by atoms with E-state index in [0.29, 0.717) is 6.42 Å². The molecule has 0 unspecified atom stereocenters. The van der Waals surface area contributed by atoms with Crippen molar-refractivity contribution in [3.8, 4) is 0 Å². The van der Waals surface area contributed by atoms with Gasteiger partial charge < -0.3 is 0 Å².